The van der Waals surface area contributed by atoms with Gasteiger partial charge in [-0.1, -0.05) is 20.8 Å². The van der Waals surface area contributed by atoms with Crippen LogP contribution in [0.15, 0.2) is 0 Å². The smallest absolute Gasteiger partial charge is 0.228 e. The molecule has 4 nitrogen and oxygen atoms in total. The molecule has 2 rings (SSSR count). The van der Waals surface area contributed by atoms with E-state index in [0.29, 0.717) is 11.9 Å². The average Bonchev–Trinajstić information content (AvgIpc) is 2.80. The third-order valence-electron chi connectivity index (χ3n) is 3.79. The molecule has 1 atom stereocenters. The molecular formula is C13H26ClN3O. The van der Waals surface area contributed by atoms with Crippen LogP contribution in [0.4, 0.5) is 0 Å². The summed E-state index contributed by atoms with van der Waals surface area (Å²) < 4.78 is 0. The number of hydrogen-bond acceptors (Lipinski definition) is 3. The van der Waals surface area contributed by atoms with Gasteiger partial charge in [0, 0.05) is 44.2 Å². The Morgan fingerprint density at radius 2 is 1.78 bits per heavy atom. The van der Waals surface area contributed by atoms with E-state index in [1.54, 1.807) is 0 Å². The Kier molecular flexibility index (Phi) is 5.44. The number of amides is 1. The van der Waals surface area contributed by atoms with Gasteiger partial charge in [-0.2, -0.15) is 0 Å². The molecule has 1 N–H and O–H groups in total. The van der Waals surface area contributed by atoms with Gasteiger partial charge < -0.3 is 10.2 Å². The van der Waals surface area contributed by atoms with Crippen LogP contribution in [0.2, 0.25) is 0 Å². The molecule has 18 heavy (non-hydrogen) atoms. The van der Waals surface area contributed by atoms with Crippen molar-refractivity contribution in [1.29, 1.82) is 0 Å². The molecule has 0 aromatic heterocycles. The van der Waals surface area contributed by atoms with Crippen LogP contribution < -0.4 is 5.32 Å². The number of piperazine rings is 1. The van der Waals surface area contributed by atoms with Gasteiger partial charge in [0.2, 0.25) is 5.91 Å². The first-order valence-corrected chi connectivity index (χ1v) is 6.72. The minimum Gasteiger partial charge on any atom is -0.340 e. The molecule has 2 saturated heterocycles. The van der Waals surface area contributed by atoms with Crippen molar-refractivity contribution in [2.45, 2.75) is 33.2 Å². The minimum absolute atomic E-state index is 0. The second kappa shape index (κ2) is 6.22. The predicted molar refractivity (Wildman–Crippen MR) is 76.1 cm³/mol. The standard InChI is InChI=1S/C13H25N3O.ClH/c1-13(2,3)12(17)16-8-6-15(7-9-16)11-4-5-14-10-11;/h11,14H,4-10H2,1-3H3;1H. The van der Waals surface area contributed by atoms with Crippen LogP contribution in [-0.4, -0.2) is 61.0 Å². The monoisotopic (exact) mass is 275 g/mol. The first-order chi connectivity index (χ1) is 7.98. The van der Waals surface area contributed by atoms with Crippen LogP contribution >= 0.6 is 12.4 Å². The molecule has 0 radical (unpaired) electrons. The summed E-state index contributed by atoms with van der Waals surface area (Å²) in [6.07, 6.45) is 1.26. The van der Waals surface area contributed by atoms with Gasteiger partial charge in [-0.25, -0.2) is 0 Å². The van der Waals surface area contributed by atoms with Crippen molar-refractivity contribution in [2.24, 2.45) is 5.41 Å². The maximum Gasteiger partial charge on any atom is 0.228 e. The number of carbonyl (C=O) groups excluding carboxylic acids is 1. The zero-order chi connectivity index (χ0) is 12.5. The van der Waals surface area contributed by atoms with Crippen molar-refractivity contribution >= 4 is 18.3 Å². The molecule has 2 fully saturated rings. The lowest BCUT2D eigenvalue weighted by Crippen LogP contribution is -2.54. The van der Waals surface area contributed by atoms with Crippen molar-refractivity contribution in [3.63, 3.8) is 0 Å². The maximum atomic E-state index is 12.1. The van der Waals surface area contributed by atoms with Crippen molar-refractivity contribution in [3.05, 3.63) is 0 Å². The summed E-state index contributed by atoms with van der Waals surface area (Å²) in [5, 5.41) is 3.41. The molecule has 2 heterocycles. The van der Waals surface area contributed by atoms with E-state index in [-0.39, 0.29) is 17.8 Å². The Morgan fingerprint density at radius 1 is 1.17 bits per heavy atom. The van der Waals surface area contributed by atoms with E-state index in [1.807, 2.05) is 25.7 Å². The van der Waals surface area contributed by atoms with Gasteiger partial charge in [0.1, 0.15) is 0 Å². The van der Waals surface area contributed by atoms with E-state index in [0.717, 1.165) is 39.3 Å². The summed E-state index contributed by atoms with van der Waals surface area (Å²) in [4.78, 5) is 16.7. The van der Waals surface area contributed by atoms with Crippen LogP contribution in [0.3, 0.4) is 0 Å². The molecule has 0 spiro atoms. The van der Waals surface area contributed by atoms with Crippen molar-refractivity contribution in [1.82, 2.24) is 15.1 Å². The molecule has 106 valence electrons. The summed E-state index contributed by atoms with van der Waals surface area (Å²) >= 11 is 0. The molecule has 5 heteroatoms. The largest absolute Gasteiger partial charge is 0.340 e. The number of carbonyl (C=O) groups is 1. The highest BCUT2D eigenvalue weighted by Gasteiger charge is 2.32. The lowest BCUT2D eigenvalue weighted by molar-refractivity contribution is -0.141. The fourth-order valence-corrected chi connectivity index (χ4v) is 2.72. The van der Waals surface area contributed by atoms with Crippen LogP contribution in [0, 0.1) is 5.41 Å². The van der Waals surface area contributed by atoms with Gasteiger partial charge >= 0.3 is 0 Å². The Balaban J connectivity index is 0.00000162. The topological polar surface area (TPSA) is 35.6 Å². The lowest BCUT2D eigenvalue weighted by atomic mass is 9.94. The second-order valence-electron chi connectivity index (χ2n) is 6.22. The first kappa shape index (κ1) is 15.7. The molecule has 1 amide bonds. The van der Waals surface area contributed by atoms with Gasteiger partial charge in [0.25, 0.3) is 0 Å². The average molecular weight is 276 g/mol. The van der Waals surface area contributed by atoms with E-state index >= 15 is 0 Å². The van der Waals surface area contributed by atoms with Crippen LogP contribution in [-0.2, 0) is 4.79 Å². The first-order valence-electron chi connectivity index (χ1n) is 6.72. The second-order valence-corrected chi connectivity index (χ2v) is 6.22. The van der Waals surface area contributed by atoms with Crippen molar-refractivity contribution in [3.8, 4) is 0 Å². The highest BCUT2D eigenvalue weighted by molar-refractivity contribution is 5.85. The molecule has 2 aliphatic rings. The fourth-order valence-electron chi connectivity index (χ4n) is 2.72. The van der Waals surface area contributed by atoms with Gasteiger partial charge in [-0.3, -0.25) is 9.69 Å². The number of hydrogen-bond donors (Lipinski definition) is 1. The number of nitrogens with one attached hydrogen (secondary N) is 1. The van der Waals surface area contributed by atoms with Crippen molar-refractivity contribution in [2.75, 3.05) is 39.3 Å². The molecule has 1 unspecified atom stereocenters. The molecule has 2 aliphatic heterocycles. The zero-order valence-electron chi connectivity index (χ0n) is 11.7. The van der Waals surface area contributed by atoms with Gasteiger partial charge in [-0.05, 0) is 13.0 Å². The van der Waals surface area contributed by atoms with E-state index in [2.05, 4.69) is 10.2 Å². The Hall–Kier alpha value is -0.320. The Morgan fingerprint density at radius 3 is 2.22 bits per heavy atom. The summed E-state index contributed by atoms with van der Waals surface area (Å²) in [6, 6.07) is 0.696. The molecule has 0 bridgehead atoms. The van der Waals surface area contributed by atoms with Gasteiger partial charge in [-0.15, -0.1) is 12.4 Å². The van der Waals surface area contributed by atoms with Crippen LogP contribution in [0.25, 0.3) is 0 Å². The van der Waals surface area contributed by atoms with Crippen LogP contribution in [0.1, 0.15) is 27.2 Å². The molecule has 0 saturated carbocycles. The summed E-state index contributed by atoms with van der Waals surface area (Å²) in [7, 11) is 0. The summed E-state index contributed by atoms with van der Waals surface area (Å²) in [5.74, 6) is 0.293. The highest BCUT2D eigenvalue weighted by atomic mass is 35.5. The predicted octanol–water partition coefficient (Wildman–Crippen LogP) is 0.960. The normalized spacial score (nSPS) is 25.9. The zero-order valence-corrected chi connectivity index (χ0v) is 12.6. The van der Waals surface area contributed by atoms with Gasteiger partial charge in [0.05, 0.1) is 0 Å². The highest BCUT2D eigenvalue weighted by Crippen LogP contribution is 2.19. The summed E-state index contributed by atoms with van der Waals surface area (Å²) in [5.41, 5.74) is -0.239. The maximum absolute atomic E-state index is 12.1. The van der Waals surface area contributed by atoms with Gasteiger partial charge in [0.15, 0.2) is 0 Å². The minimum atomic E-state index is -0.239. The molecular weight excluding hydrogens is 250 g/mol. The fraction of sp³-hybridized carbons (Fsp3) is 0.923. The van der Waals surface area contributed by atoms with E-state index in [9.17, 15) is 4.79 Å². The lowest BCUT2D eigenvalue weighted by Gasteiger charge is -2.39. The Bertz CT molecular complexity index is 276. The molecule has 0 aromatic carbocycles. The SMILES string of the molecule is CC(C)(C)C(=O)N1CCN(C2CCNC2)CC1.Cl. The number of nitrogens with zero attached hydrogens (tertiary/aromatic N) is 2. The number of rotatable bonds is 1. The van der Waals surface area contributed by atoms with Crippen molar-refractivity contribution < 1.29 is 4.79 Å². The molecule has 0 aliphatic carbocycles. The van der Waals surface area contributed by atoms with E-state index in [1.165, 1.54) is 6.42 Å². The third-order valence-corrected chi connectivity index (χ3v) is 3.79. The summed E-state index contributed by atoms with van der Waals surface area (Å²) in [6.45, 7) is 12.1. The number of halogens is 1. The quantitative estimate of drug-likeness (QED) is 0.774. The molecule has 0 aromatic rings. The third kappa shape index (κ3) is 3.59. The van der Waals surface area contributed by atoms with Crippen LogP contribution in [0.5, 0.6) is 0 Å². The van der Waals surface area contributed by atoms with E-state index in [4.69, 9.17) is 0 Å². The van der Waals surface area contributed by atoms with E-state index < -0.39 is 0 Å². The Labute approximate surface area is 116 Å².